The molecule has 660 valence electrons. The van der Waals surface area contributed by atoms with Crippen molar-refractivity contribution in [3.8, 4) is 152 Å². The van der Waals surface area contributed by atoms with Crippen LogP contribution < -0.4 is 9.47 Å². The summed E-state index contributed by atoms with van der Waals surface area (Å²) in [5.74, 6) is 4.98. The van der Waals surface area contributed by atoms with Gasteiger partial charge in [-0.15, -0.1) is 107 Å². The molecule has 0 atom stereocenters. The van der Waals surface area contributed by atoms with Crippen molar-refractivity contribution in [1.29, 1.82) is 0 Å². The molecule has 0 spiro atoms. The Labute approximate surface area is 833 Å². The van der Waals surface area contributed by atoms with Gasteiger partial charge in [0.2, 0.25) is 0 Å². The van der Waals surface area contributed by atoms with E-state index < -0.39 is 0 Å². The van der Waals surface area contributed by atoms with Gasteiger partial charge in [0, 0.05) is 197 Å². The summed E-state index contributed by atoms with van der Waals surface area (Å²) in [5.41, 5.74) is 29.6. The number of furan rings is 1. The number of hydrogen-bond acceptors (Lipinski definition) is 7. The molecule has 0 aliphatic carbocycles. The van der Waals surface area contributed by atoms with Crippen LogP contribution in [0.4, 0.5) is 0 Å². The molecule has 17 aromatic carbocycles. The van der Waals surface area contributed by atoms with Gasteiger partial charge in [-0.05, 0) is 93.5 Å². The van der Waals surface area contributed by atoms with Gasteiger partial charge in [0.15, 0.2) is 0 Å². The van der Waals surface area contributed by atoms with Crippen molar-refractivity contribution < 1.29 is 94.3 Å². The first-order valence-electron chi connectivity index (χ1n) is 43.2. The Kier molecular flexibility index (Phi) is 29.5. The number of nitrogens with zero attached hydrogens (tertiary/aromatic N) is 9. The van der Waals surface area contributed by atoms with Crippen molar-refractivity contribution in [1.82, 2.24) is 42.8 Å². The average Bonchev–Trinajstić information content (AvgIpc) is 1.57. The molecule has 0 saturated carbocycles. The maximum absolute atomic E-state index is 6.04. The Bertz CT molecular complexity index is 7690. The first kappa shape index (κ1) is 92.6. The first-order valence-corrected chi connectivity index (χ1v) is 43.2. The number of aryl methyl sites for hydroxylation is 2. The minimum atomic E-state index is 0. The molecule has 6 heterocycles. The van der Waals surface area contributed by atoms with Crippen molar-refractivity contribution in [2.45, 2.75) is 13.8 Å². The Balaban J connectivity index is 0.000000132. The van der Waals surface area contributed by atoms with Crippen molar-refractivity contribution in [2.24, 2.45) is 0 Å². The summed E-state index contributed by atoms with van der Waals surface area (Å²) in [4.78, 5) is 18.9. The molecule has 16 heteroatoms. The number of benzene rings is 17. The molecule has 134 heavy (non-hydrogen) atoms. The summed E-state index contributed by atoms with van der Waals surface area (Å²) >= 11 is 0. The molecular formula is C118H85Ir4N9O3-4. The molecule has 12 nitrogen and oxygen atoms in total. The zero-order chi connectivity index (χ0) is 87.6. The summed E-state index contributed by atoms with van der Waals surface area (Å²) < 4.78 is 27.5. The molecule has 23 rings (SSSR count). The predicted octanol–water partition coefficient (Wildman–Crippen LogP) is 29.0. The van der Waals surface area contributed by atoms with Crippen molar-refractivity contribution in [3.05, 3.63) is 479 Å². The molecule has 6 aromatic heterocycles. The average molecular weight is 2450 g/mol. The SMILES string of the molecule is COc1c[c-]c(-c2nccn2-c2c(-c3ccccc3)cccc2-c2ccccc2)cc1.COc1c[c-]c(-c2nccn2-c2c(C)cccc2C)cc1.[Ir].[Ir].[Ir].[Ir].[c-]1cc2c(cc1-c1nccn1-c1c(-c3ccccc3)cccc1-c1ccccc1)c1ccccc1n2-c1ccccc1.[c-]1cc2oc3ccccc3c2cc1-c1nccn1-c1c(-c2ccccc2)cccc1-c1ccccc1. The van der Waals surface area contributed by atoms with Gasteiger partial charge >= 0.3 is 0 Å². The van der Waals surface area contributed by atoms with Crippen molar-refractivity contribution in [3.63, 3.8) is 0 Å². The first-order chi connectivity index (χ1) is 64.3. The van der Waals surface area contributed by atoms with Gasteiger partial charge in [0.25, 0.3) is 0 Å². The molecule has 0 aliphatic heterocycles. The molecule has 23 aromatic rings. The Morgan fingerprint density at radius 1 is 0.254 bits per heavy atom. The number of hydrogen-bond donors (Lipinski definition) is 0. The molecular weight excluding hydrogens is 2360 g/mol. The molecule has 0 unspecified atom stereocenters. The number of aromatic nitrogens is 9. The Hall–Kier alpha value is -14.6. The fraction of sp³-hybridized carbons (Fsp3) is 0.0339. The zero-order valence-electron chi connectivity index (χ0n) is 73.2. The van der Waals surface area contributed by atoms with E-state index in [4.69, 9.17) is 23.9 Å². The van der Waals surface area contributed by atoms with E-state index in [1.165, 1.54) is 33.1 Å². The standard InChI is InChI=1S/C39H26N3.C33H21N2O.C28H21N2O.C18H17N2O.4Ir/c1-4-13-28(14-5-1)32-20-12-21-33(29-15-6-2-7-16-29)38(32)41-26-25-40-39(41)30-23-24-37-35(27-30)34-19-10-11-22-36(34)42(37)31-17-8-3-9-18-31;1-3-10-23(11-4-1)26-15-9-16-27(24-12-5-2-6-13-24)32(26)35-21-20-34-33(35)25-18-19-31-29(22-25)28-14-7-8-17-30(28)36-31;1-31-24-17-15-23(16-18-24)28-29-19-20-30(28)27-25(21-9-4-2-5-10-21)13-8-14-26(27)22-11-6-3-7-12-22;1-13-5-4-6-14(2)17(13)20-12-11-19-18(20)15-7-9-16(21-3)10-8-15;;;;/h1-22,24-27H;1-17,19-22H;2-15,17-20H,1H3;4-7,9-12H,1-3H3;;;;/q4*-1;;;;. The third-order valence-electron chi connectivity index (χ3n) is 23.5. The normalized spacial score (nSPS) is 10.7. The summed E-state index contributed by atoms with van der Waals surface area (Å²) in [5, 5.41) is 4.54. The van der Waals surface area contributed by atoms with Gasteiger partial charge in [0.1, 0.15) is 5.58 Å². The molecule has 0 aliphatic rings. The summed E-state index contributed by atoms with van der Waals surface area (Å²) in [6.07, 6.45) is 15.5. The molecule has 0 N–H and O–H groups in total. The largest absolute Gasteiger partial charge is 0.540 e. The maximum atomic E-state index is 6.04. The summed E-state index contributed by atoms with van der Waals surface area (Å²) in [7, 11) is 3.31. The molecule has 4 radical (unpaired) electrons. The minimum absolute atomic E-state index is 0. The van der Waals surface area contributed by atoms with Gasteiger partial charge in [-0.2, -0.15) is 0 Å². The quantitative estimate of drug-likeness (QED) is 0.0836. The van der Waals surface area contributed by atoms with Gasteiger partial charge in [-0.3, -0.25) is 19.9 Å². The van der Waals surface area contributed by atoms with Gasteiger partial charge in [0.05, 0.1) is 60.2 Å². The molecule has 0 saturated heterocycles. The minimum Gasteiger partial charge on any atom is -0.540 e. The van der Waals surface area contributed by atoms with E-state index in [1.54, 1.807) is 14.2 Å². The van der Waals surface area contributed by atoms with Crippen LogP contribution in [0.15, 0.2) is 448 Å². The molecule has 0 bridgehead atoms. The maximum Gasteiger partial charge on any atom is 0.120 e. The third-order valence-corrected chi connectivity index (χ3v) is 23.5. The molecule has 0 amide bonds. The van der Waals surface area contributed by atoms with E-state index in [2.05, 4.69) is 386 Å². The van der Waals surface area contributed by atoms with E-state index in [-0.39, 0.29) is 80.4 Å². The molecule has 0 fully saturated rings. The smallest absolute Gasteiger partial charge is 0.120 e. The number of para-hydroxylation sites is 7. The van der Waals surface area contributed by atoms with Gasteiger partial charge < -0.3 is 36.7 Å². The van der Waals surface area contributed by atoms with Crippen LogP contribution in [-0.4, -0.2) is 57.0 Å². The number of ether oxygens (including phenoxy) is 2. The summed E-state index contributed by atoms with van der Waals surface area (Å²) in [6.45, 7) is 4.23. The Morgan fingerprint density at radius 3 is 0.940 bits per heavy atom. The monoisotopic (exact) mass is 2450 g/mol. The van der Waals surface area contributed by atoms with E-state index in [0.717, 1.165) is 174 Å². The predicted molar refractivity (Wildman–Crippen MR) is 528 cm³/mol. The second-order valence-corrected chi connectivity index (χ2v) is 31.4. The Morgan fingerprint density at radius 2 is 0.567 bits per heavy atom. The number of fused-ring (bicyclic) bond motifs is 6. The van der Waals surface area contributed by atoms with E-state index in [0.29, 0.717) is 0 Å². The van der Waals surface area contributed by atoms with Crippen LogP contribution in [0.5, 0.6) is 11.5 Å². The van der Waals surface area contributed by atoms with Crippen LogP contribution in [0.2, 0.25) is 0 Å². The topological polar surface area (TPSA) is 108 Å². The number of rotatable bonds is 17. The van der Waals surface area contributed by atoms with E-state index in [9.17, 15) is 0 Å². The fourth-order valence-electron chi connectivity index (χ4n) is 17.5. The van der Waals surface area contributed by atoms with Gasteiger partial charge in [-0.1, -0.05) is 320 Å². The second kappa shape index (κ2) is 42.7. The van der Waals surface area contributed by atoms with Crippen LogP contribution >= 0.6 is 0 Å². The summed E-state index contributed by atoms with van der Waals surface area (Å²) in [6, 6.07) is 150. The van der Waals surface area contributed by atoms with E-state index >= 15 is 0 Å². The van der Waals surface area contributed by atoms with Gasteiger partial charge in [-0.25, -0.2) is 0 Å². The zero-order valence-corrected chi connectivity index (χ0v) is 82.8. The van der Waals surface area contributed by atoms with Crippen molar-refractivity contribution in [2.75, 3.05) is 14.2 Å². The number of imidazole rings is 4. The second-order valence-electron chi connectivity index (χ2n) is 31.4. The fourth-order valence-corrected chi connectivity index (χ4v) is 17.5. The third kappa shape index (κ3) is 19.0. The van der Waals surface area contributed by atoms with Crippen LogP contribution in [0, 0.1) is 38.1 Å². The van der Waals surface area contributed by atoms with E-state index in [1.807, 2.05) is 128 Å². The van der Waals surface area contributed by atoms with Crippen LogP contribution in [0.3, 0.4) is 0 Å². The van der Waals surface area contributed by atoms with Crippen LogP contribution in [0.1, 0.15) is 11.1 Å². The number of methoxy groups -OCH3 is 2. The van der Waals surface area contributed by atoms with Crippen LogP contribution in [-0.2, 0) is 80.4 Å². The van der Waals surface area contributed by atoms with Crippen LogP contribution in [0.25, 0.3) is 184 Å². The van der Waals surface area contributed by atoms with Crippen molar-refractivity contribution >= 4 is 43.7 Å².